The fourth-order valence-corrected chi connectivity index (χ4v) is 2.57. The topological polar surface area (TPSA) is 87.4 Å². The van der Waals surface area contributed by atoms with Crippen LogP contribution in [0.15, 0.2) is 24.5 Å². The van der Waals surface area contributed by atoms with Gasteiger partial charge in [0.2, 0.25) is 0 Å². The molecule has 2 aromatic heterocycles. The Morgan fingerprint density at radius 1 is 1.26 bits per heavy atom. The third-order valence-corrected chi connectivity index (χ3v) is 3.77. The Kier molecular flexibility index (Phi) is 4.05. The van der Waals surface area contributed by atoms with E-state index in [1.54, 1.807) is 39.6 Å². The second-order valence-corrected chi connectivity index (χ2v) is 5.23. The number of carbonyl (C=O) groups excluding carboxylic acids is 2. The summed E-state index contributed by atoms with van der Waals surface area (Å²) in [6.07, 6.45) is 2.96. The number of hydrogen-bond acceptors (Lipinski definition) is 5. The number of aromatic nitrogens is 2. The summed E-state index contributed by atoms with van der Waals surface area (Å²) in [6.45, 7) is 3.82. The van der Waals surface area contributed by atoms with Crippen molar-refractivity contribution in [1.82, 2.24) is 19.2 Å². The maximum Gasteiger partial charge on any atom is 0.409 e. The highest BCUT2D eigenvalue weighted by Gasteiger charge is 2.26. The number of pyridine rings is 1. The van der Waals surface area contributed by atoms with Gasteiger partial charge >= 0.3 is 6.09 Å². The first-order chi connectivity index (χ1) is 11.1. The number of imidazole rings is 1. The molecule has 3 heterocycles. The summed E-state index contributed by atoms with van der Waals surface area (Å²) >= 11 is 0. The number of fused-ring (bicyclic) bond motifs is 1. The Hall–Kier alpha value is -2.77. The van der Waals surface area contributed by atoms with Crippen LogP contribution in [0.2, 0.25) is 0 Å². The molecule has 0 unspecified atom stereocenters. The van der Waals surface area contributed by atoms with Crippen molar-refractivity contribution < 1.29 is 19.4 Å². The Labute approximate surface area is 132 Å². The number of hydrogen-bond donors (Lipinski definition) is 1. The van der Waals surface area contributed by atoms with Crippen LogP contribution in [0.1, 0.15) is 17.4 Å². The van der Waals surface area contributed by atoms with E-state index in [0.717, 1.165) is 0 Å². The molecule has 2 aromatic rings. The van der Waals surface area contributed by atoms with E-state index in [0.29, 0.717) is 38.4 Å². The number of carbonyl (C=O) groups is 2. The molecule has 0 radical (unpaired) electrons. The number of ether oxygens (including phenoxy) is 1. The highest BCUT2D eigenvalue weighted by molar-refractivity contribution is 5.93. The van der Waals surface area contributed by atoms with E-state index in [1.807, 2.05) is 0 Å². The Balaban J connectivity index is 1.69. The van der Waals surface area contributed by atoms with Gasteiger partial charge in [-0.3, -0.25) is 4.79 Å². The third kappa shape index (κ3) is 2.92. The van der Waals surface area contributed by atoms with Gasteiger partial charge in [-0.1, -0.05) is 0 Å². The van der Waals surface area contributed by atoms with E-state index in [1.165, 1.54) is 6.07 Å². The van der Waals surface area contributed by atoms with Gasteiger partial charge in [0.05, 0.1) is 6.61 Å². The van der Waals surface area contributed by atoms with Crippen molar-refractivity contribution in [1.29, 1.82) is 0 Å². The average molecular weight is 318 g/mol. The molecule has 0 saturated carbocycles. The molecule has 1 aliphatic rings. The normalized spacial score (nSPS) is 15.0. The van der Waals surface area contributed by atoms with E-state index >= 15 is 0 Å². The molecule has 122 valence electrons. The highest BCUT2D eigenvalue weighted by atomic mass is 16.6. The largest absolute Gasteiger partial charge is 0.504 e. The summed E-state index contributed by atoms with van der Waals surface area (Å²) in [7, 11) is 0. The summed E-state index contributed by atoms with van der Waals surface area (Å²) in [6, 6.07) is 3.20. The number of piperazine rings is 1. The number of rotatable bonds is 2. The molecule has 0 bridgehead atoms. The van der Waals surface area contributed by atoms with Crippen LogP contribution in [-0.2, 0) is 4.74 Å². The summed E-state index contributed by atoms with van der Waals surface area (Å²) in [5.74, 6) is -0.185. The second-order valence-electron chi connectivity index (χ2n) is 5.23. The number of nitrogens with zero attached hydrogens (tertiary/aromatic N) is 4. The minimum absolute atomic E-state index is 0.0266. The first-order valence-electron chi connectivity index (χ1n) is 7.48. The molecule has 0 aliphatic carbocycles. The standard InChI is InChI=1S/C15H18N4O4/c1-2-23-15(22)18-8-6-17(7-9-18)14(21)11-10-19-5-3-4-12(20)13(19)16-11/h3-5,10,20H,2,6-9H2,1H3. The first-order valence-corrected chi connectivity index (χ1v) is 7.48. The molecular formula is C15H18N4O4. The first kappa shape index (κ1) is 15.1. The van der Waals surface area contributed by atoms with Gasteiger partial charge in [-0.2, -0.15) is 0 Å². The predicted octanol–water partition coefficient (Wildman–Crippen LogP) is 0.954. The maximum absolute atomic E-state index is 12.5. The molecule has 1 aliphatic heterocycles. The van der Waals surface area contributed by atoms with Gasteiger partial charge in [0, 0.05) is 38.6 Å². The lowest BCUT2D eigenvalue weighted by molar-refractivity contribution is 0.0566. The fraction of sp³-hybridized carbons (Fsp3) is 0.400. The van der Waals surface area contributed by atoms with Gasteiger partial charge in [0.25, 0.3) is 5.91 Å². The summed E-state index contributed by atoms with van der Waals surface area (Å²) in [4.78, 5) is 31.6. The van der Waals surface area contributed by atoms with Crippen LogP contribution in [0.5, 0.6) is 5.75 Å². The van der Waals surface area contributed by atoms with Crippen LogP contribution in [0.3, 0.4) is 0 Å². The molecule has 23 heavy (non-hydrogen) atoms. The van der Waals surface area contributed by atoms with Crippen molar-refractivity contribution in [2.24, 2.45) is 0 Å². The highest BCUT2D eigenvalue weighted by Crippen LogP contribution is 2.18. The third-order valence-electron chi connectivity index (χ3n) is 3.77. The van der Waals surface area contributed by atoms with Gasteiger partial charge < -0.3 is 24.0 Å². The zero-order chi connectivity index (χ0) is 16.4. The lowest BCUT2D eigenvalue weighted by Gasteiger charge is -2.33. The van der Waals surface area contributed by atoms with Crippen molar-refractivity contribution in [3.63, 3.8) is 0 Å². The average Bonchev–Trinajstić information content (AvgIpc) is 3.00. The van der Waals surface area contributed by atoms with Gasteiger partial charge in [-0.25, -0.2) is 9.78 Å². The molecule has 2 amide bonds. The molecule has 0 aromatic carbocycles. The molecule has 3 rings (SSSR count). The van der Waals surface area contributed by atoms with E-state index < -0.39 is 0 Å². The monoisotopic (exact) mass is 318 g/mol. The second kappa shape index (κ2) is 6.15. The zero-order valence-corrected chi connectivity index (χ0v) is 12.8. The van der Waals surface area contributed by atoms with Crippen molar-refractivity contribution in [3.05, 3.63) is 30.2 Å². The van der Waals surface area contributed by atoms with Crippen molar-refractivity contribution in [2.75, 3.05) is 32.8 Å². The predicted molar refractivity (Wildman–Crippen MR) is 81.4 cm³/mol. The number of amides is 2. The van der Waals surface area contributed by atoms with Crippen LogP contribution in [-0.4, -0.2) is 69.1 Å². The van der Waals surface area contributed by atoms with Crippen LogP contribution in [0, 0.1) is 0 Å². The van der Waals surface area contributed by atoms with Gasteiger partial charge in [-0.15, -0.1) is 0 Å². The fourth-order valence-electron chi connectivity index (χ4n) is 2.57. The van der Waals surface area contributed by atoms with E-state index in [4.69, 9.17) is 4.74 Å². The lowest BCUT2D eigenvalue weighted by atomic mass is 10.3. The van der Waals surface area contributed by atoms with E-state index in [-0.39, 0.29) is 23.4 Å². The van der Waals surface area contributed by atoms with Gasteiger partial charge in [-0.05, 0) is 19.1 Å². The summed E-state index contributed by atoms with van der Waals surface area (Å²) in [5.41, 5.74) is 0.622. The maximum atomic E-state index is 12.5. The molecule has 1 saturated heterocycles. The lowest BCUT2D eigenvalue weighted by Crippen LogP contribution is -2.50. The van der Waals surface area contributed by atoms with Crippen LogP contribution in [0.4, 0.5) is 4.79 Å². The van der Waals surface area contributed by atoms with Crippen molar-refractivity contribution in [3.8, 4) is 5.75 Å². The molecular weight excluding hydrogens is 300 g/mol. The smallest absolute Gasteiger partial charge is 0.409 e. The van der Waals surface area contributed by atoms with Crippen molar-refractivity contribution >= 4 is 17.6 Å². The summed E-state index contributed by atoms with van der Waals surface area (Å²) < 4.78 is 6.56. The van der Waals surface area contributed by atoms with Crippen LogP contribution >= 0.6 is 0 Å². The summed E-state index contributed by atoms with van der Waals surface area (Å²) in [5, 5.41) is 9.76. The van der Waals surface area contributed by atoms with Crippen LogP contribution < -0.4 is 0 Å². The molecule has 0 atom stereocenters. The quantitative estimate of drug-likeness (QED) is 0.891. The van der Waals surface area contributed by atoms with E-state index in [2.05, 4.69) is 4.98 Å². The number of aromatic hydroxyl groups is 1. The van der Waals surface area contributed by atoms with Gasteiger partial charge in [0.1, 0.15) is 5.69 Å². The minimum atomic E-state index is -0.350. The molecule has 8 heteroatoms. The van der Waals surface area contributed by atoms with Gasteiger partial charge in [0.15, 0.2) is 11.4 Å². The Morgan fingerprint density at radius 3 is 2.61 bits per heavy atom. The van der Waals surface area contributed by atoms with Crippen LogP contribution in [0.25, 0.3) is 5.65 Å². The molecule has 1 N–H and O–H groups in total. The molecule has 0 spiro atoms. The van der Waals surface area contributed by atoms with E-state index in [9.17, 15) is 14.7 Å². The molecule has 8 nitrogen and oxygen atoms in total. The minimum Gasteiger partial charge on any atom is -0.504 e. The Morgan fingerprint density at radius 2 is 1.96 bits per heavy atom. The zero-order valence-electron chi connectivity index (χ0n) is 12.8. The molecule has 1 fully saturated rings. The SMILES string of the molecule is CCOC(=O)N1CCN(C(=O)c2cn3cccc(O)c3n2)CC1. The van der Waals surface area contributed by atoms with Crippen molar-refractivity contribution in [2.45, 2.75) is 6.92 Å². The Bertz CT molecular complexity index is 734.